The summed E-state index contributed by atoms with van der Waals surface area (Å²) in [6, 6.07) is 17.4. The molecule has 0 unspecified atom stereocenters. The molecule has 2 aromatic carbocycles. The normalized spacial score (nSPS) is 12.6. The highest BCUT2D eigenvalue weighted by Gasteiger charge is 2.21. The quantitative estimate of drug-likeness (QED) is 0.351. The molecule has 4 aromatic rings. The minimum atomic E-state index is -0.472. The Morgan fingerprint density at radius 3 is 2.71 bits per heavy atom. The van der Waals surface area contributed by atoms with Crippen LogP contribution >= 0.6 is 0 Å². The lowest BCUT2D eigenvalue weighted by Crippen LogP contribution is -2.35. The lowest BCUT2D eigenvalue weighted by Gasteiger charge is -2.13. The second-order valence-corrected chi connectivity index (χ2v) is 7.51. The maximum atomic E-state index is 12.5. The predicted molar refractivity (Wildman–Crippen MR) is 124 cm³/mol. The number of nitrogens with one attached hydrogen (secondary N) is 1. The van der Waals surface area contributed by atoms with Crippen molar-refractivity contribution in [3.05, 3.63) is 78.1 Å². The third kappa shape index (κ3) is 4.23. The lowest BCUT2D eigenvalue weighted by atomic mass is 10.1. The summed E-state index contributed by atoms with van der Waals surface area (Å²) in [6.07, 6.45) is 1.64. The zero-order valence-electron chi connectivity index (χ0n) is 18.4. The summed E-state index contributed by atoms with van der Waals surface area (Å²) in [5.41, 5.74) is 2.82. The van der Waals surface area contributed by atoms with Crippen LogP contribution in [0, 0.1) is 0 Å². The van der Waals surface area contributed by atoms with Crippen LogP contribution in [0.15, 0.2) is 66.9 Å². The van der Waals surface area contributed by atoms with E-state index in [4.69, 9.17) is 9.47 Å². The second kappa shape index (κ2) is 9.14. The zero-order valence-corrected chi connectivity index (χ0v) is 18.4. The number of fused-ring (bicyclic) bond motifs is 1. The zero-order chi connectivity index (χ0) is 23.5. The maximum Gasteiger partial charge on any atom is 0.343 e. The average Bonchev–Trinajstić information content (AvgIpc) is 3.32. The number of hydrogen-bond acceptors (Lipinski definition) is 7. The van der Waals surface area contributed by atoms with Crippen molar-refractivity contribution in [1.82, 2.24) is 25.1 Å². The van der Waals surface area contributed by atoms with Gasteiger partial charge in [-0.15, -0.1) is 0 Å². The van der Waals surface area contributed by atoms with E-state index in [1.54, 1.807) is 65.5 Å². The number of carbonyl (C=O) groups is 2. The molecule has 3 heterocycles. The molecule has 1 amide bonds. The van der Waals surface area contributed by atoms with E-state index in [0.717, 1.165) is 0 Å². The molecular formula is C25H21N5O4. The highest BCUT2D eigenvalue weighted by Crippen LogP contribution is 2.33. The van der Waals surface area contributed by atoms with Gasteiger partial charge in [-0.1, -0.05) is 18.2 Å². The summed E-state index contributed by atoms with van der Waals surface area (Å²) in [7, 11) is 0. The number of rotatable bonds is 6. The first kappa shape index (κ1) is 21.3. The van der Waals surface area contributed by atoms with Crippen molar-refractivity contribution in [2.45, 2.75) is 13.5 Å². The molecule has 1 aliphatic rings. The van der Waals surface area contributed by atoms with Crippen LogP contribution in [0.5, 0.6) is 11.5 Å². The van der Waals surface area contributed by atoms with E-state index in [2.05, 4.69) is 20.4 Å². The summed E-state index contributed by atoms with van der Waals surface area (Å²) in [5, 5.41) is 7.32. The van der Waals surface area contributed by atoms with Crippen molar-refractivity contribution in [2.75, 3.05) is 13.2 Å². The van der Waals surface area contributed by atoms with Gasteiger partial charge in [0.1, 0.15) is 11.4 Å². The van der Waals surface area contributed by atoms with Crippen molar-refractivity contribution < 1.29 is 19.1 Å². The molecule has 0 saturated heterocycles. The van der Waals surface area contributed by atoms with Gasteiger partial charge in [-0.25, -0.2) is 14.8 Å². The Kier molecular flexibility index (Phi) is 5.73. The van der Waals surface area contributed by atoms with Gasteiger partial charge in [0.25, 0.3) is 5.91 Å². The van der Waals surface area contributed by atoms with Crippen LogP contribution in [0.25, 0.3) is 22.8 Å². The van der Waals surface area contributed by atoms with Crippen molar-refractivity contribution in [3.8, 4) is 34.3 Å². The van der Waals surface area contributed by atoms with E-state index in [1.165, 1.54) is 0 Å². The van der Waals surface area contributed by atoms with E-state index in [-0.39, 0.29) is 5.91 Å². The molecule has 0 fully saturated rings. The largest absolute Gasteiger partial charge is 0.490 e. The van der Waals surface area contributed by atoms with Gasteiger partial charge in [0.15, 0.2) is 17.3 Å². The monoisotopic (exact) mass is 455 g/mol. The van der Waals surface area contributed by atoms with Crippen LogP contribution in [-0.4, -0.2) is 44.8 Å². The number of hydrogen-bond donors (Lipinski definition) is 1. The minimum Gasteiger partial charge on any atom is -0.490 e. The number of ether oxygens (including phenoxy) is 2. The Morgan fingerprint density at radius 2 is 1.91 bits per heavy atom. The van der Waals surface area contributed by atoms with E-state index in [1.807, 2.05) is 13.0 Å². The Bertz CT molecular complexity index is 1370. The Labute approximate surface area is 195 Å². The van der Waals surface area contributed by atoms with E-state index >= 15 is 0 Å². The van der Waals surface area contributed by atoms with Gasteiger partial charge in [-0.3, -0.25) is 9.48 Å². The van der Waals surface area contributed by atoms with Gasteiger partial charge in [-0.05, 0) is 49.4 Å². The first-order valence-corrected chi connectivity index (χ1v) is 10.9. The highest BCUT2D eigenvalue weighted by atomic mass is 16.6. The van der Waals surface area contributed by atoms with Gasteiger partial charge in [0, 0.05) is 18.3 Å². The molecule has 0 radical (unpaired) electrons. The number of amides is 1. The first-order chi connectivity index (χ1) is 16.6. The van der Waals surface area contributed by atoms with Crippen molar-refractivity contribution in [2.24, 2.45) is 0 Å². The molecule has 0 spiro atoms. The number of nitrogens with zero attached hydrogens (tertiary/aromatic N) is 4. The molecular weight excluding hydrogens is 434 g/mol. The molecule has 5 rings (SSSR count). The second-order valence-electron chi connectivity index (χ2n) is 7.51. The average molecular weight is 455 g/mol. The molecule has 1 N–H and O–H groups in total. The molecule has 2 aromatic heterocycles. The third-order valence-electron chi connectivity index (χ3n) is 5.25. The van der Waals surface area contributed by atoms with Crippen LogP contribution in [0.4, 0.5) is 0 Å². The molecule has 9 nitrogen and oxygen atoms in total. The van der Waals surface area contributed by atoms with Crippen molar-refractivity contribution in [1.29, 1.82) is 0 Å². The van der Waals surface area contributed by atoms with Gasteiger partial charge >= 0.3 is 5.97 Å². The van der Waals surface area contributed by atoms with Crippen LogP contribution in [0.1, 0.15) is 27.8 Å². The molecule has 0 aliphatic carbocycles. The van der Waals surface area contributed by atoms with Crippen molar-refractivity contribution in [3.63, 3.8) is 0 Å². The standard InChI is InChI=1S/C25H21N5O4/c1-2-33-22-14-17(8-9-21(22)34-25(32)16-6-4-3-5-7-16)23-26-11-10-18(28-23)19-15-20-24(31)27-12-13-30(20)29-19/h3-11,14-15H,2,12-13H2,1H3,(H,27,31). The molecule has 1 aliphatic heterocycles. The van der Waals surface area contributed by atoms with Crippen LogP contribution in [0.2, 0.25) is 0 Å². The highest BCUT2D eigenvalue weighted by molar-refractivity contribution is 5.94. The van der Waals surface area contributed by atoms with E-state index < -0.39 is 5.97 Å². The summed E-state index contributed by atoms with van der Waals surface area (Å²) in [5.74, 6) is 0.548. The number of benzene rings is 2. The predicted octanol–water partition coefficient (Wildman–Crippen LogP) is 3.37. The molecule has 9 heteroatoms. The Morgan fingerprint density at radius 1 is 1.06 bits per heavy atom. The SMILES string of the molecule is CCOc1cc(-c2nccc(-c3cc4n(n3)CCNC4=O)n2)ccc1OC(=O)c1ccccc1. The smallest absolute Gasteiger partial charge is 0.343 e. The third-order valence-corrected chi connectivity index (χ3v) is 5.25. The fraction of sp³-hybridized carbons (Fsp3) is 0.160. The van der Waals surface area contributed by atoms with Gasteiger partial charge in [-0.2, -0.15) is 5.10 Å². The Hall–Kier alpha value is -4.53. The van der Waals surface area contributed by atoms with Crippen LogP contribution in [0.3, 0.4) is 0 Å². The summed E-state index contributed by atoms with van der Waals surface area (Å²) in [6.45, 7) is 3.40. The Balaban J connectivity index is 1.44. The molecule has 170 valence electrons. The molecule has 0 saturated carbocycles. The fourth-order valence-electron chi connectivity index (χ4n) is 3.63. The molecule has 34 heavy (non-hydrogen) atoms. The maximum absolute atomic E-state index is 12.5. The molecule has 0 bridgehead atoms. The van der Waals surface area contributed by atoms with Crippen LogP contribution in [-0.2, 0) is 6.54 Å². The topological polar surface area (TPSA) is 108 Å². The van der Waals surface area contributed by atoms with E-state index in [9.17, 15) is 9.59 Å². The first-order valence-electron chi connectivity index (χ1n) is 10.9. The summed E-state index contributed by atoms with van der Waals surface area (Å²) >= 11 is 0. The summed E-state index contributed by atoms with van der Waals surface area (Å²) < 4.78 is 13.0. The van der Waals surface area contributed by atoms with Gasteiger partial charge < -0.3 is 14.8 Å². The van der Waals surface area contributed by atoms with E-state index in [0.29, 0.717) is 65.2 Å². The molecule has 0 atom stereocenters. The van der Waals surface area contributed by atoms with Gasteiger partial charge in [0.2, 0.25) is 0 Å². The summed E-state index contributed by atoms with van der Waals surface area (Å²) in [4.78, 5) is 33.6. The number of carbonyl (C=O) groups excluding carboxylic acids is 2. The number of aromatic nitrogens is 4. The van der Waals surface area contributed by atoms with Crippen LogP contribution < -0.4 is 14.8 Å². The lowest BCUT2D eigenvalue weighted by molar-refractivity contribution is 0.0728. The minimum absolute atomic E-state index is 0.152. The van der Waals surface area contributed by atoms with Crippen molar-refractivity contribution >= 4 is 11.9 Å². The number of esters is 1. The van der Waals surface area contributed by atoms with Gasteiger partial charge in [0.05, 0.1) is 24.4 Å². The fourth-order valence-corrected chi connectivity index (χ4v) is 3.63.